The Bertz CT molecular complexity index is 1360. The van der Waals surface area contributed by atoms with Crippen LogP contribution in [-0.2, 0) is 20.9 Å². The van der Waals surface area contributed by atoms with Gasteiger partial charge in [0.15, 0.2) is 0 Å². The molecule has 1 aromatic heterocycles. The van der Waals surface area contributed by atoms with E-state index in [4.69, 9.17) is 4.74 Å². The number of aromatic nitrogens is 2. The van der Waals surface area contributed by atoms with Crippen molar-refractivity contribution in [3.63, 3.8) is 0 Å². The van der Waals surface area contributed by atoms with E-state index in [1.807, 2.05) is 20.7 Å². The average molecular weight is 550 g/mol. The molecule has 13 nitrogen and oxygen atoms in total. The number of piperidine rings is 2. The van der Waals surface area contributed by atoms with Crippen LogP contribution in [0.2, 0.25) is 0 Å². The number of fused-ring (bicyclic) bond motifs is 1. The van der Waals surface area contributed by atoms with Gasteiger partial charge in [-0.3, -0.25) is 34.1 Å². The molecule has 0 bridgehead atoms. The second-order valence-corrected chi connectivity index (χ2v) is 10.5. The summed E-state index contributed by atoms with van der Waals surface area (Å²) < 4.78 is 7.28. The van der Waals surface area contributed by atoms with Gasteiger partial charge in [0.05, 0.1) is 36.6 Å². The topological polar surface area (TPSA) is 146 Å². The molecule has 2 N–H and O–H groups in total. The van der Waals surface area contributed by atoms with Gasteiger partial charge in [-0.15, -0.1) is 0 Å². The van der Waals surface area contributed by atoms with Crippen LogP contribution in [-0.4, -0.2) is 99.6 Å². The largest absolute Gasteiger partial charge is 0.380 e. The van der Waals surface area contributed by atoms with Crippen LogP contribution < -0.4 is 10.6 Å². The normalized spacial score (nSPS) is 22.0. The third-order valence-electron chi connectivity index (χ3n) is 8.00. The van der Waals surface area contributed by atoms with Gasteiger partial charge in [-0.2, -0.15) is 5.10 Å². The summed E-state index contributed by atoms with van der Waals surface area (Å²) in [6, 6.07) is 4.24. The van der Waals surface area contributed by atoms with Gasteiger partial charge in [-0.25, -0.2) is 4.79 Å². The maximum absolute atomic E-state index is 13.3. The van der Waals surface area contributed by atoms with Gasteiger partial charge in [0, 0.05) is 56.6 Å². The first-order valence-electron chi connectivity index (χ1n) is 13.6. The van der Waals surface area contributed by atoms with E-state index in [0.717, 1.165) is 23.3 Å². The number of imide groups is 2. The smallest absolute Gasteiger partial charge is 0.320 e. The molecule has 0 spiro atoms. The number of morpholine rings is 1. The Morgan fingerprint density at radius 3 is 2.50 bits per heavy atom. The van der Waals surface area contributed by atoms with Gasteiger partial charge in [0.2, 0.25) is 11.8 Å². The summed E-state index contributed by atoms with van der Waals surface area (Å²) in [4.78, 5) is 67.7. The van der Waals surface area contributed by atoms with Crippen molar-refractivity contribution in [2.75, 3.05) is 44.7 Å². The lowest BCUT2D eigenvalue weighted by Crippen LogP contribution is -2.54. The van der Waals surface area contributed by atoms with Crippen molar-refractivity contribution >= 4 is 35.3 Å². The Morgan fingerprint density at radius 2 is 1.75 bits per heavy atom. The SMILES string of the molecule is O=C1CCC(N2C(=O)c3cccc(NCc4cnn(C5CCN(C(=O)N6CCOCC6)CC5)c4)c3C2=O)C(=O)N1. The minimum atomic E-state index is -1.01. The molecule has 13 heteroatoms. The second-order valence-electron chi connectivity index (χ2n) is 10.5. The molecule has 6 amide bonds. The molecule has 2 aromatic rings. The van der Waals surface area contributed by atoms with Crippen LogP contribution in [0.5, 0.6) is 0 Å². The molecule has 1 atom stereocenters. The van der Waals surface area contributed by atoms with E-state index in [1.165, 1.54) is 0 Å². The van der Waals surface area contributed by atoms with Crippen LogP contribution in [0.4, 0.5) is 10.5 Å². The number of amides is 6. The van der Waals surface area contributed by atoms with E-state index in [1.54, 1.807) is 24.4 Å². The standard InChI is InChI=1S/C27H31N7O6/c35-22-5-4-21(24(36)30-22)34-25(37)19-2-1-3-20(23(19)26(34)38)28-14-17-15-29-33(16-17)18-6-8-31(9-7-18)27(39)32-10-12-40-13-11-32/h1-3,15-16,18,21,28H,4-14H2,(H,30,35,36). The first kappa shape index (κ1) is 26.0. The number of likely N-dealkylation sites (tertiary alicyclic amines) is 1. The van der Waals surface area contributed by atoms with Gasteiger partial charge < -0.3 is 19.9 Å². The number of carbonyl (C=O) groups is 5. The van der Waals surface area contributed by atoms with Crippen molar-refractivity contribution in [2.45, 2.75) is 44.3 Å². The summed E-state index contributed by atoms with van der Waals surface area (Å²) >= 11 is 0. The number of urea groups is 1. The van der Waals surface area contributed by atoms with Crippen molar-refractivity contribution in [2.24, 2.45) is 0 Å². The van der Waals surface area contributed by atoms with Crippen molar-refractivity contribution in [3.05, 3.63) is 47.3 Å². The van der Waals surface area contributed by atoms with Crippen molar-refractivity contribution in [1.29, 1.82) is 0 Å². The molecule has 0 radical (unpaired) electrons. The Kier molecular flexibility index (Phi) is 6.96. The molecule has 4 aliphatic rings. The molecule has 1 aromatic carbocycles. The monoisotopic (exact) mass is 549 g/mol. The van der Waals surface area contributed by atoms with E-state index in [0.29, 0.717) is 51.6 Å². The number of nitrogens with zero attached hydrogens (tertiary/aromatic N) is 5. The Balaban J connectivity index is 1.07. The molecule has 6 rings (SSSR count). The van der Waals surface area contributed by atoms with E-state index in [2.05, 4.69) is 15.7 Å². The molecule has 0 aliphatic carbocycles. The van der Waals surface area contributed by atoms with E-state index < -0.39 is 29.7 Å². The van der Waals surface area contributed by atoms with Crippen molar-refractivity contribution < 1.29 is 28.7 Å². The predicted octanol–water partition coefficient (Wildman–Crippen LogP) is 0.986. The first-order chi connectivity index (χ1) is 19.4. The Labute approximate surface area is 230 Å². The zero-order chi connectivity index (χ0) is 27.8. The fraction of sp³-hybridized carbons (Fsp3) is 0.481. The highest BCUT2D eigenvalue weighted by molar-refractivity contribution is 6.25. The number of ether oxygens (including phenoxy) is 1. The number of rotatable bonds is 5. The molecule has 1 unspecified atom stereocenters. The minimum absolute atomic E-state index is 0.0715. The molecule has 5 heterocycles. The fourth-order valence-corrected chi connectivity index (χ4v) is 5.80. The van der Waals surface area contributed by atoms with Crippen LogP contribution in [0.15, 0.2) is 30.6 Å². The summed E-state index contributed by atoms with van der Waals surface area (Å²) in [6.07, 6.45) is 5.53. The van der Waals surface area contributed by atoms with Crippen LogP contribution in [0.25, 0.3) is 0 Å². The summed E-state index contributed by atoms with van der Waals surface area (Å²) in [6.45, 7) is 4.15. The number of carbonyl (C=O) groups excluding carboxylic acids is 5. The Hall–Kier alpha value is -4.26. The number of anilines is 1. The lowest BCUT2D eigenvalue weighted by Gasteiger charge is -2.37. The second kappa shape index (κ2) is 10.7. The number of nitrogens with one attached hydrogen (secondary N) is 2. The molecule has 3 saturated heterocycles. The van der Waals surface area contributed by atoms with Gasteiger partial charge in [0.1, 0.15) is 6.04 Å². The zero-order valence-corrected chi connectivity index (χ0v) is 22.0. The number of hydrogen-bond acceptors (Lipinski definition) is 8. The highest BCUT2D eigenvalue weighted by Gasteiger charge is 2.45. The lowest BCUT2D eigenvalue weighted by atomic mass is 10.0. The van der Waals surface area contributed by atoms with Crippen LogP contribution in [0, 0.1) is 0 Å². The molecule has 4 aliphatic heterocycles. The third-order valence-corrected chi connectivity index (χ3v) is 8.00. The summed E-state index contributed by atoms with van der Waals surface area (Å²) in [5, 5.41) is 10.0. The first-order valence-corrected chi connectivity index (χ1v) is 13.6. The average Bonchev–Trinajstić information content (AvgIpc) is 3.55. The summed E-state index contributed by atoms with van der Waals surface area (Å²) in [5.74, 6) is -2.13. The van der Waals surface area contributed by atoms with E-state index in [-0.39, 0.29) is 36.0 Å². The maximum atomic E-state index is 13.3. The summed E-state index contributed by atoms with van der Waals surface area (Å²) in [5.41, 5.74) is 1.85. The van der Waals surface area contributed by atoms with Gasteiger partial charge >= 0.3 is 6.03 Å². The van der Waals surface area contributed by atoms with Gasteiger partial charge in [-0.05, 0) is 31.4 Å². The maximum Gasteiger partial charge on any atom is 0.320 e. The molecular weight excluding hydrogens is 518 g/mol. The number of hydrogen-bond donors (Lipinski definition) is 2. The van der Waals surface area contributed by atoms with Gasteiger partial charge in [-0.1, -0.05) is 6.07 Å². The minimum Gasteiger partial charge on any atom is -0.380 e. The quantitative estimate of drug-likeness (QED) is 0.525. The van der Waals surface area contributed by atoms with Crippen LogP contribution in [0.3, 0.4) is 0 Å². The molecular formula is C27H31N7O6. The molecule has 210 valence electrons. The predicted molar refractivity (Wildman–Crippen MR) is 140 cm³/mol. The van der Waals surface area contributed by atoms with E-state index in [9.17, 15) is 24.0 Å². The van der Waals surface area contributed by atoms with E-state index >= 15 is 0 Å². The van der Waals surface area contributed by atoms with Crippen LogP contribution >= 0.6 is 0 Å². The molecule has 0 saturated carbocycles. The highest BCUT2D eigenvalue weighted by atomic mass is 16.5. The molecule has 3 fully saturated rings. The summed E-state index contributed by atoms with van der Waals surface area (Å²) in [7, 11) is 0. The van der Waals surface area contributed by atoms with Gasteiger partial charge in [0.25, 0.3) is 11.8 Å². The fourth-order valence-electron chi connectivity index (χ4n) is 5.80. The zero-order valence-electron chi connectivity index (χ0n) is 22.0. The number of benzene rings is 1. The third kappa shape index (κ3) is 4.81. The van der Waals surface area contributed by atoms with Crippen molar-refractivity contribution in [3.8, 4) is 0 Å². The van der Waals surface area contributed by atoms with Crippen LogP contribution in [0.1, 0.15) is 58.0 Å². The van der Waals surface area contributed by atoms with Crippen molar-refractivity contribution in [1.82, 2.24) is 29.8 Å². The highest BCUT2D eigenvalue weighted by Crippen LogP contribution is 2.32. The lowest BCUT2D eigenvalue weighted by molar-refractivity contribution is -0.136. The Morgan fingerprint density at radius 1 is 1.00 bits per heavy atom. The molecule has 40 heavy (non-hydrogen) atoms.